The molecule has 0 aliphatic rings. The summed E-state index contributed by atoms with van der Waals surface area (Å²) in [7, 11) is 3.12. The number of methoxy groups -OCH3 is 2. The summed E-state index contributed by atoms with van der Waals surface area (Å²) >= 11 is 6.04. The zero-order valence-corrected chi connectivity index (χ0v) is 10.2. The van der Waals surface area contributed by atoms with E-state index in [-0.39, 0.29) is 6.61 Å². The highest BCUT2D eigenvalue weighted by atomic mass is 35.5. The lowest BCUT2D eigenvalue weighted by molar-refractivity contribution is 0.292. The Morgan fingerprint density at radius 3 is 2.62 bits per heavy atom. The Morgan fingerprint density at radius 2 is 2.06 bits per heavy atom. The fraction of sp³-hybridized carbons (Fsp3) is 0.455. The van der Waals surface area contributed by atoms with E-state index < -0.39 is 0 Å². The van der Waals surface area contributed by atoms with Gasteiger partial charge in [0.05, 0.1) is 25.8 Å². The largest absolute Gasteiger partial charge is 0.493 e. The van der Waals surface area contributed by atoms with Gasteiger partial charge < -0.3 is 19.9 Å². The van der Waals surface area contributed by atoms with Crippen LogP contribution in [0.1, 0.15) is 5.56 Å². The molecule has 1 aromatic carbocycles. The van der Waals surface area contributed by atoms with Gasteiger partial charge >= 0.3 is 0 Å². The van der Waals surface area contributed by atoms with E-state index in [1.54, 1.807) is 14.2 Å². The topological polar surface area (TPSA) is 50.7 Å². The van der Waals surface area contributed by atoms with Crippen molar-refractivity contribution in [1.29, 1.82) is 0 Å². The number of hydrogen-bond acceptors (Lipinski definition) is 4. The Hall–Kier alpha value is -0.970. The molecule has 0 saturated carbocycles. The summed E-state index contributed by atoms with van der Waals surface area (Å²) in [5.41, 5.74) is 0.983. The smallest absolute Gasteiger partial charge is 0.179 e. The maximum Gasteiger partial charge on any atom is 0.179 e. The van der Waals surface area contributed by atoms with Crippen LogP contribution >= 0.6 is 11.6 Å². The van der Waals surface area contributed by atoms with Crippen molar-refractivity contribution in [3.63, 3.8) is 0 Å². The van der Waals surface area contributed by atoms with Crippen molar-refractivity contribution in [2.24, 2.45) is 0 Å². The van der Waals surface area contributed by atoms with Crippen molar-refractivity contribution >= 4 is 11.6 Å². The molecule has 0 unspecified atom stereocenters. The number of hydrogen-bond donors (Lipinski definition) is 2. The van der Waals surface area contributed by atoms with Crippen LogP contribution in [0.25, 0.3) is 0 Å². The van der Waals surface area contributed by atoms with Gasteiger partial charge in [0.1, 0.15) is 0 Å². The van der Waals surface area contributed by atoms with Gasteiger partial charge in [0.2, 0.25) is 0 Å². The van der Waals surface area contributed by atoms with Crippen molar-refractivity contribution in [2.75, 3.05) is 27.4 Å². The molecule has 90 valence electrons. The van der Waals surface area contributed by atoms with E-state index in [2.05, 4.69) is 5.32 Å². The molecule has 0 aromatic heterocycles. The quantitative estimate of drug-likeness (QED) is 0.745. The third-order valence-corrected chi connectivity index (χ3v) is 2.39. The fourth-order valence-electron chi connectivity index (χ4n) is 1.39. The number of benzene rings is 1. The van der Waals surface area contributed by atoms with E-state index in [1.165, 1.54) is 0 Å². The maximum atomic E-state index is 8.65. The first-order chi connectivity index (χ1) is 7.72. The van der Waals surface area contributed by atoms with Crippen molar-refractivity contribution in [3.05, 3.63) is 22.7 Å². The standard InChI is InChI=1S/C11H16ClNO3/c1-15-10-6-8(7-13-3-4-14)5-9(12)11(10)16-2/h5-6,13-14H,3-4,7H2,1-2H3. The van der Waals surface area contributed by atoms with E-state index in [0.717, 1.165) is 5.56 Å². The number of aliphatic hydroxyl groups excluding tert-OH is 1. The lowest BCUT2D eigenvalue weighted by Gasteiger charge is -2.12. The molecule has 0 saturated heterocycles. The molecule has 0 atom stereocenters. The number of rotatable bonds is 6. The van der Waals surface area contributed by atoms with E-state index in [1.807, 2.05) is 12.1 Å². The Morgan fingerprint density at radius 1 is 1.31 bits per heavy atom. The first kappa shape index (κ1) is 13.1. The fourth-order valence-corrected chi connectivity index (χ4v) is 1.70. The van der Waals surface area contributed by atoms with Gasteiger partial charge in [0.15, 0.2) is 11.5 Å². The number of aliphatic hydroxyl groups is 1. The van der Waals surface area contributed by atoms with E-state index >= 15 is 0 Å². The van der Waals surface area contributed by atoms with Gasteiger partial charge in [-0.2, -0.15) is 0 Å². The molecule has 0 aliphatic carbocycles. The summed E-state index contributed by atoms with van der Waals surface area (Å²) in [5.74, 6) is 1.14. The van der Waals surface area contributed by atoms with Crippen LogP contribution in [0.3, 0.4) is 0 Å². The maximum absolute atomic E-state index is 8.65. The Kier molecular flexibility index (Phi) is 5.38. The van der Waals surface area contributed by atoms with E-state index in [0.29, 0.717) is 29.6 Å². The minimum absolute atomic E-state index is 0.112. The molecular weight excluding hydrogens is 230 g/mol. The van der Waals surface area contributed by atoms with Crippen LogP contribution in [0, 0.1) is 0 Å². The molecule has 0 aliphatic heterocycles. The molecule has 0 radical (unpaired) electrons. The summed E-state index contributed by atoms with van der Waals surface area (Å²) in [4.78, 5) is 0. The predicted octanol–water partition coefficient (Wildman–Crippen LogP) is 1.44. The van der Waals surface area contributed by atoms with Gasteiger partial charge in [-0.1, -0.05) is 11.6 Å². The van der Waals surface area contributed by atoms with Crippen molar-refractivity contribution in [2.45, 2.75) is 6.54 Å². The summed E-state index contributed by atoms with van der Waals surface area (Å²) in [5, 5.41) is 12.2. The van der Waals surface area contributed by atoms with Crippen LogP contribution in [0.15, 0.2) is 12.1 Å². The van der Waals surface area contributed by atoms with Crippen LogP contribution in [0.5, 0.6) is 11.5 Å². The molecular formula is C11H16ClNO3. The lowest BCUT2D eigenvalue weighted by Crippen LogP contribution is -2.17. The van der Waals surface area contributed by atoms with Gasteiger partial charge in [-0.25, -0.2) is 0 Å². The second-order valence-electron chi connectivity index (χ2n) is 3.21. The molecule has 0 amide bonds. The zero-order chi connectivity index (χ0) is 12.0. The van der Waals surface area contributed by atoms with Gasteiger partial charge in [0.25, 0.3) is 0 Å². The van der Waals surface area contributed by atoms with Gasteiger partial charge in [-0.15, -0.1) is 0 Å². The van der Waals surface area contributed by atoms with Crippen molar-refractivity contribution in [1.82, 2.24) is 5.32 Å². The minimum atomic E-state index is 0.112. The Balaban J connectivity index is 2.83. The molecule has 0 heterocycles. The molecule has 0 bridgehead atoms. The van der Waals surface area contributed by atoms with E-state index in [9.17, 15) is 0 Å². The molecule has 0 fully saturated rings. The third-order valence-electron chi connectivity index (χ3n) is 2.11. The van der Waals surface area contributed by atoms with Gasteiger partial charge in [-0.3, -0.25) is 0 Å². The zero-order valence-electron chi connectivity index (χ0n) is 9.42. The molecule has 4 nitrogen and oxygen atoms in total. The van der Waals surface area contributed by atoms with Gasteiger partial charge in [0, 0.05) is 13.1 Å². The van der Waals surface area contributed by atoms with Crippen LogP contribution in [-0.2, 0) is 6.54 Å². The molecule has 16 heavy (non-hydrogen) atoms. The highest BCUT2D eigenvalue weighted by Gasteiger charge is 2.10. The molecule has 2 N–H and O–H groups in total. The summed E-state index contributed by atoms with van der Waals surface area (Å²) in [6.07, 6.45) is 0. The van der Waals surface area contributed by atoms with E-state index in [4.69, 9.17) is 26.2 Å². The highest BCUT2D eigenvalue weighted by Crippen LogP contribution is 2.35. The first-order valence-corrected chi connectivity index (χ1v) is 5.32. The van der Waals surface area contributed by atoms with Crippen molar-refractivity contribution < 1.29 is 14.6 Å². The van der Waals surface area contributed by atoms with Crippen LogP contribution in [0.2, 0.25) is 5.02 Å². The molecule has 1 rings (SSSR count). The molecule has 1 aromatic rings. The van der Waals surface area contributed by atoms with Crippen LogP contribution in [0.4, 0.5) is 0 Å². The third kappa shape index (κ3) is 3.27. The Bertz CT molecular complexity index is 344. The molecule has 0 spiro atoms. The van der Waals surface area contributed by atoms with Crippen LogP contribution < -0.4 is 14.8 Å². The monoisotopic (exact) mass is 245 g/mol. The number of halogens is 1. The summed E-state index contributed by atoms with van der Waals surface area (Å²) in [6.45, 7) is 1.29. The van der Waals surface area contributed by atoms with Gasteiger partial charge in [-0.05, 0) is 17.7 Å². The Labute approximate surface area is 100 Å². The SMILES string of the molecule is COc1cc(CNCCO)cc(Cl)c1OC. The predicted molar refractivity (Wildman–Crippen MR) is 63.3 cm³/mol. The van der Waals surface area contributed by atoms with Crippen LogP contribution in [-0.4, -0.2) is 32.5 Å². The number of ether oxygens (including phenoxy) is 2. The van der Waals surface area contributed by atoms with Crippen molar-refractivity contribution in [3.8, 4) is 11.5 Å². The summed E-state index contributed by atoms with van der Waals surface area (Å²) < 4.78 is 10.3. The first-order valence-electron chi connectivity index (χ1n) is 4.95. The normalized spacial score (nSPS) is 10.2. The highest BCUT2D eigenvalue weighted by molar-refractivity contribution is 6.32. The average Bonchev–Trinajstić information content (AvgIpc) is 2.28. The minimum Gasteiger partial charge on any atom is -0.493 e. The molecule has 5 heteroatoms. The average molecular weight is 246 g/mol. The summed E-state index contributed by atoms with van der Waals surface area (Å²) in [6, 6.07) is 3.67. The second kappa shape index (κ2) is 6.58. The number of nitrogens with one attached hydrogen (secondary N) is 1. The lowest BCUT2D eigenvalue weighted by atomic mass is 10.2. The second-order valence-corrected chi connectivity index (χ2v) is 3.62.